The minimum absolute atomic E-state index is 0.140. The van der Waals surface area contributed by atoms with Crippen LogP contribution in [0.1, 0.15) is 18.8 Å². The quantitative estimate of drug-likeness (QED) is 0.814. The van der Waals surface area contributed by atoms with Crippen LogP contribution in [0.15, 0.2) is 22.8 Å². The van der Waals surface area contributed by atoms with Gasteiger partial charge in [0.05, 0.1) is 11.6 Å². The van der Waals surface area contributed by atoms with E-state index in [1.54, 1.807) is 0 Å². The zero-order chi connectivity index (χ0) is 10.3. The van der Waals surface area contributed by atoms with Crippen LogP contribution < -0.4 is 11.5 Å². The summed E-state index contributed by atoms with van der Waals surface area (Å²) in [6.45, 7) is 1.88. The first kappa shape index (κ1) is 9.48. The summed E-state index contributed by atoms with van der Waals surface area (Å²) in [5.74, 6) is 1.41. The molecule has 5 heteroatoms. The maximum absolute atomic E-state index is 5.85. The van der Waals surface area contributed by atoms with Crippen molar-refractivity contribution in [3.05, 3.63) is 28.6 Å². The summed E-state index contributed by atoms with van der Waals surface area (Å²) < 4.78 is 2.63. The number of nitrogen functional groups attached to an aromatic ring is 1. The number of nitrogens with two attached hydrogens (primary N) is 2. The van der Waals surface area contributed by atoms with Gasteiger partial charge in [0.2, 0.25) is 0 Å². The molecule has 0 aliphatic rings. The number of hydrogen-bond donors (Lipinski definition) is 2. The molecule has 2 aromatic heterocycles. The molecule has 0 spiro atoms. The second-order valence-corrected chi connectivity index (χ2v) is 3.97. The van der Waals surface area contributed by atoms with E-state index in [0.29, 0.717) is 5.82 Å². The van der Waals surface area contributed by atoms with Crippen molar-refractivity contribution in [3.63, 3.8) is 0 Å². The molecular weight excluding hydrogens is 244 g/mol. The molecule has 2 heterocycles. The molecule has 4 nitrogen and oxygen atoms in total. The predicted molar refractivity (Wildman–Crippen MR) is 59.9 cm³/mol. The van der Waals surface area contributed by atoms with Crippen molar-refractivity contribution in [1.29, 1.82) is 0 Å². The summed E-state index contributed by atoms with van der Waals surface area (Å²) in [6.07, 6.45) is 0. The SMILES string of the molecule is CC(N)c1nc(Br)c2cccc(N)n12. The Labute approximate surface area is 90.0 Å². The molecular formula is C9H11BrN4. The highest BCUT2D eigenvalue weighted by Crippen LogP contribution is 2.24. The van der Waals surface area contributed by atoms with Crippen LogP contribution in [0.2, 0.25) is 0 Å². The predicted octanol–water partition coefficient (Wildman–Crippen LogP) is 1.70. The van der Waals surface area contributed by atoms with E-state index in [9.17, 15) is 0 Å². The second-order valence-electron chi connectivity index (χ2n) is 3.22. The smallest absolute Gasteiger partial charge is 0.132 e. The molecule has 0 saturated carbocycles. The number of fused-ring (bicyclic) bond motifs is 1. The van der Waals surface area contributed by atoms with E-state index in [0.717, 1.165) is 15.9 Å². The molecule has 0 amide bonds. The molecule has 1 atom stereocenters. The van der Waals surface area contributed by atoms with Gasteiger partial charge in [-0.05, 0) is 35.0 Å². The average Bonchev–Trinajstić information content (AvgIpc) is 2.46. The fraction of sp³-hybridized carbons (Fsp3) is 0.222. The lowest BCUT2D eigenvalue weighted by Crippen LogP contribution is -2.11. The van der Waals surface area contributed by atoms with Gasteiger partial charge in [-0.25, -0.2) is 4.98 Å². The Kier molecular flexibility index (Phi) is 2.20. The fourth-order valence-corrected chi connectivity index (χ4v) is 1.95. The maximum Gasteiger partial charge on any atom is 0.132 e. The van der Waals surface area contributed by atoms with Crippen LogP contribution in [0.3, 0.4) is 0 Å². The van der Waals surface area contributed by atoms with Crippen LogP contribution in [-0.2, 0) is 0 Å². The average molecular weight is 255 g/mol. The van der Waals surface area contributed by atoms with Crippen LogP contribution in [-0.4, -0.2) is 9.38 Å². The molecule has 0 radical (unpaired) electrons. The normalized spacial score (nSPS) is 13.4. The lowest BCUT2D eigenvalue weighted by molar-refractivity contribution is 0.737. The van der Waals surface area contributed by atoms with Crippen molar-refractivity contribution in [2.75, 3.05) is 5.73 Å². The van der Waals surface area contributed by atoms with Crippen LogP contribution in [0, 0.1) is 0 Å². The zero-order valence-corrected chi connectivity index (χ0v) is 9.32. The molecule has 0 bridgehead atoms. The highest BCUT2D eigenvalue weighted by molar-refractivity contribution is 9.10. The Balaban J connectivity index is 2.86. The lowest BCUT2D eigenvalue weighted by atomic mass is 10.3. The largest absolute Gasteiger partial charge is 0.385 e. The Bertz CT molecular complexity index is 475. The monoisotopic (exact) mass is 254 g/mol. The van der Waals surface area contributed by atoms with E-state index in [-0.39, 0.29) is 6.04 Å². The van der Waals surface area contributed by atoms with E-state index < -0.39 is 0 Å². The van der Waals surface area contributed by atoms with Gasteiger partial charge >= 0.3 is 0 Å². The maximum atomic E-state index is 5.85. The number of nitrogens with zero attached hydrogens (tertiary/aromatic N) is 2. The summed E-state index contributed by atoms with van der Waals surface area (Å²) in [6, 6.07) is 5.52. The Morgan fingerprint density at radius 1 is 1.50 bits per heavy atom. The third-order valence-corrected chi connectivity index (χ3v) is 2.66. The number of aromatic nitrogens is 2. The molecule has 1 unspecified atom stereocenters. The van der Waals surface area contributed by atoms with Gasteiger partial charge in [0, 0.05) is 0 Å². The number of pyridine rings is 1. The Hall–Kier alpha value is -1.07. The van der Waals surface area contributed by atoms with Crippen LogP contribution >= 0.6 is 15.9 Å². The van der Waals surface area contributed by atoms with Crippen molar-refractivity contribution in [1.82, 2.24) is 9.38 Å². The van der Waals surface area contributed by atoms with Crippen molar-refractivity contribution >= 4 is 27.3 Å². The van der Waals surface area contributed by atoms with E-state index in [1.807, 2.05) is 29.5 Å². The van der Waals surface area contributed by atoms with Crippen molar-refractivity contribution in [3.8, 4) is 0 Å². The highest BCUT2D eigenvalue weighted by atomic mass is 79.9. The lowest BCUT2D eigenvalue weighted by Gasteiger charge is -2.06. The summed E-state index contributed by atoms with van der Waals surface area (Å²) >= 11 is 3.38. The van der Waals surface area contributed by atoms with Crippen molar-refractivity contribution in [2.45, 2.75) is 13.0 Å². The summed E-state index contributed by atoms with van der Waals surface area (Å²) in [5.41, 5.74) is 12.6. The molecule has 0 aliphatic heterocycles. The van der Waals surface area contributed by atoms with Gasteiger partial charge in [0.1, 0.15) is 16.2 Å². The number of rotatable bonds is 1. The van der Waals surface area contributed by atoms with Gasteiger partial charge in [0.25, 0.3) is 0 Å². The molecule has 74 valence electrons. The van der Waals surface area contributed by atoms with Gasteiger partial charge < -0.3 is 11.5 Å². The molecule has 0 fully saturated rings. The van der Waals surface area contributed by atoms with Crippen LogP contribution in [0.25, 0.3) is 5.52 Å². The van der Waals surface area contributed by atoms with E-state index in [1.165, 1.54) is 0 Å². The van der Waals surface area contributed by atoms with Gasteiger partial charge in [-0.15, -0.1) is 0 Å². The minimum atomic E-state index is -0.140. The van der Waals surface area contributed by atoms with Gasteiger partial charge in [-0.1, -0.05) is 6.07 Å². The number of hydrogen-bond acceptors (Lipinski definition) is 3. The third kappa shape index (κ3) is 1.29. The molecule has 0 aromatic carbocycles. The first-order valence-corrected chi connectivity index (χ1v) is 5.08. The number of imidazole rings is 1. The summed E-state index contributed by atoms with van der Waals surface area (Å²) in [4.78, 5) is 4.32. The second kappa shape index (κ2) is 3.25. The van der Waals surface area contributed by atoms with Gasteiger partial charge in [-0.3, -0.25) is 4.40 Å². The van der Waals surface area contributed by atoms with Crippen LogP contribution in [0.5, 0.6) is 0 Å². The molecule has 0 saturated heterocycles. The topological polar surface area (TPSA) is 69.3 Å². The minimum Gasteiger partial charge on any atom is -0.385 e. The summed E-state index contributed by atoms with van der Waals surface area (Å²) in [7, 11) is 0. The van der Waals surface area contributed by atoms with E-state index >= 15 is 0 Å². The van der Waals surface area contributed by atoms with E-state index in [4.69, 9.17) is 11.5 Å². The zero-order valence-electron chi connectivity index (χ0n) is 7.74. The van der Waals surface area contributed by atoms with Gasteiger partial charge in [0.15, 0.2) is 0 Å². The molecule has 0 aliphatic carbocycles. The standard InChI is InChI=1S/C9H11BrN4/c1-5(11)9-13-8(10)6-3-2-4-7(12)14(6)9/h2-5H,11-12H2,1H3. The molecule has 2 rings (SSSR count). The van der Waals surface area contributed by atoms with Crippen LogP contribution in [0.4, 0.5) is 5.82 Å². The van der Waals surface area contributed by atoms with Crippen molar-refractivity contribution < 1.29 is 0 Å². The summed E-state index contributed by atoms with van der Waals surface area (Å²) in [5, 5.41) is 0. The van der Waals surface area contributed by atoms with Crippen molar-refractivity contribution in [2.24, 2.45) is 5.73 Å². The fourth-order valence-electron chi connectivity index (χ4n) is 1.46. The number of halogens is 1. The molecule has 2 aromatic rings. The molecule has 4 N–H and O–H groups in total. The third-order valence-electron chi connectivity index (χ3n) is 2.08. The highest BCUT2D eigenvalue weighted by Gasteiger charge is 2.13. The van der Waals surface area contributed by atoms with E-state index in [2.05, 4.69) is 20.9 Å². The van der Waals surface area contributed by atoms with Gasteiger partial charge in [-0.2, -0.15) is 0 Å². The Morgan fingerprint density at radius 3 is 2.86 bits per heavy atom. The Morgan fingerprint density at radius 2 is 2.21 bits per heavy atom. The first-order valence-electron chi connectivity index (χ1n) is 4.29. The molecule has 14 heavy (non-hydrogen) atoms. The first-order chi connectivity index (χ1) is 6.61. The number of anilines is 1.